The van der Waals surface area contributed by atoms with Crippen molar-refractivity contribution in [2.75, 3.05) is 0 Å². The molecule has 4 aromatic carbocycles. The van der Waals surface area contributed by atoms with Crippen LogP contribution in [0.3, 0.4) is 0 Å². The first-order chi connectivity index (χ1) is 17.7. The predicted octanol–water partition coefficient (Wildman–Crippen LogP) is 8.93. The van der Waals surface area contributed by atoms with Gasteiger partial charge in [-0.05, 0) is 64.4 Å². The molecule has 0 unspecified atom stereocenters. The molecule has 0 atom stereocenters. The molecule has 2 aromatic heterocycles. The highest BCUT2D eigenvalue weighted by Gasteiger charge is 2.24. The molecule has 184 valence electrons. The van der Waals surface area contributed by atoms with Crippen LogP contribution < -0.4 is 4.57 Å². The molecule has 0 amide bonds. The summed E-state index contributed by atoms with van der Waals surface area (Å²) in [5, 5.41) is 4.13. The minimum Gasteiger partial charge on any atom is -0.454 e. The summed E-state index contributed by atoms with van der Waals surface area (Å²) in [6.07, 6.45) is 3.10. The van der Waals surface area contributed by atoms with Crippen molar-refractivity contribution in [3.63, 3.8) is 0 Å². The Hall–Kier alpha value is -3.98. The lowest BCUT2D eigenvalue weighted by atomic mass is 9.88. The highest BCUT2D eigenvalue weighted by molar-refractivity contribution is 6.13. The van der Waals surface area contributed by atoms with Crippen molar-refractivity contribution < 1.29 is 13.4 Å². The van der Waals surface area contributed by atoms with Crippen LogP contribution in [0, 0.1) is 18.2 Å². The van der Waals surface area contributed by atoms with E-state index in [-0.39, 0.29) is 11.2 Å². The van der Waals surface area contributed by atoms with Crippen molar-refractivity contribution in [1.82, 2.24) is 0 Å². The van der Waals surface area contributed by atoms with Gasteiger partial charge in [-0.2, -0.15) is 0 Å². The Balaban J connectivity index is 1.62. The molecule has 0 spiro atoms. The summed E-state index contributed by atoms with van der Waals surface area (Å²) >= 11 is 0. The minimum atomic E-state index is -0.280. The molecule has 0 saturated carbocycles. The van der Waals surface area contributed by atoms with Crippen LogP contribution in [0.25, 0.3) is 55.1 Å². The van der Waals surface area contributed by atoms with Crippen molar-refractivity contribution >= 4 is 32.7 Å². The van der Waals surface area contributed by atoms with Crippen LogP contribution in [0.2, 0.25) is 0 Å². The fraction of sp³-hybridized carbons (Fsp3) is 0.206. The lowest BCUT2D eigenvalue weighted by molar-refractivity contribution is -0.660. The first kappa shape index (κ1) is 23.4. The number of pyridine rings is 1. The monoisotopic (exact) mass is 488 g/mol. The van der Waals surface area contributed by atoms with Gasteiger partial charge in [-0.15, -0.1) is 0 Å². The van der Waals surface area contributed by atoms with E-state index in [9.17, 15) is 0 Å². The fourth-order valence-electron chi connectivity index (χ4n) is 5.49. The summed E-state index contributed by atoms with van der Waals surface area (Å²) in [4.78, 5) is 0. The van der Waals surface area contributed by atoms with Crippen molar-refractivity contribution in [3.8, 4) is 22.4 Å². The van der Waals surface area contributed by atoms with Crippen LogP contribution in [-0.2, 0) is 13.5 Å². The number of nitrogens with zero attached hydrogens (tertiary/aromatic N) is 1. The van der Waals surface area contributed by atoms with E-state index in [0.717, 1.165) is 55.9 Å². The molecule has 6 rings (SSSR count). The van der Waals surface area contributed by atoms with Crippen LogP contribution in [0.1, 0.15) is 31.9 Å². The Morgan fingerprint density at radius 2 is 1.49 bits per heavy atom. The third-order valence-corrected chi connectivity index (χ3v) is 7.21. The van der Waals surface area contributed by atoms with Crippen molar-refractivity contribution in [3.05, 3.63) is 102 Å². The molecule has 0 radical (unpaired) electrons. The zero-order valence-corrected chi connectivity index (χ0v) is 22.0. The molecule has 0 bridgehead atoms. The van der Waals surface area contributed by atoms with Crippen molar-refractivity contribution in [1.29, 1.82) is 0 Å². The maximum atomic E-state index is 15.4. The summed E-state index contributed by atoms with van der Waals surface area (Å²) in [7, 11) is 2.07. The van der Waals surface area contributed by atoms with Gasteiger partial charge in [0.1, 0.15) is 24.0 Å². The molecular weight excluding hydrogens is 457 g/mol. The lowest BCUT2D eigenvalue weighted by Gasteiger charge is -2.18. The van der Waals surface area contributed by atoms with Crippen LogP contribution in [0.4, 0.5) is 4.39 Å². The van der Waals surface area contributed by atoms with E-state index >= 15 is 4.39 Å². The molecule has 3 heteroatoms. The molecule has 0 aliphatic heterocycles. The van der Waals surface area contributed by atoms with Crippen molar-refractivity contribution in [2.24, 2.45) is 12.5 Å². The van der Waals surface area contributed by atoms with Crippen LogP contribution >= 0.6 is 0 Å². The Morgan fingerprint density at radius 1 is 0.784 bits per heavy atom. The zero-order chi connectivity index (χ0) is 25.9. The van der Waals surface area contributed by atoms with E-state index in [1.807, 2.05) is 36.4 Å². The molecule has 2 nitrogen and oxygen atoms in total. The van der Waals surface area contributed by atoms with E-state index in [2.05, 4.69) is 81.9 Å². The Morgan fingerprint density at radius 3 is 2.24 bits per heavy atom. The van der Waals surface area contributed by atoms with E-state index < -0.39 is 0 Å². The summed E-state index contributed by atoms with van der Waals surface area (Å²) in [6.45, 7) is 8.89. The van der Waals surface area contributed by atoms with Gasteiger partial charge in [0, 0.05) is 22.9 Å². The third kappa shape index (κ3) is 4.09. The average molecular weight is 489 g/mol. The maximum absolute atomic E-state index is 15.4. The second-order valence-corrected chi connectivity index (χ2v) is 11.4. The molecular formula is C34H31FNO+. The van der Waals surface area contributed by atoms with Crippen LogP contribution in [0.15, 0.2) is 89.5 Å². The summed E-state index contributed by atoms with van der Waals surface area (Å²) in [5.41, 5.74) is 7.46. The molecule has 6 aromatic rings. The molecule has 2 heterocycles. The molecule has 0 aliphatic rings. The van der Waals surface area contributed by atoms with E-state index in [1.54, 1.807) is 6.07 Å². The first-order valence-corrected chi connectivity index (χ1v) is 12.8. The molecule has 0 saturated heterocycles. The average Bonchev–Trinajstić information content (AvgIpc) is 3.22. The number of hydrogen-bond donors (Lipinski definition) is 0. The van der Waals surface area contributed by atoms with Crippen LogP contribution in [0.5, 0.6) is 0 Å². The zero-order valence-electron chi connectivity index (χ0n) is 22.0. The quantitative estimate of drug-likeness (QED) is 0.227. The van der Waals surface area contributed by atoms with Crippen LogP contribution in [-0.4, -0.2) is 0 Å². The minimum absolute atomic E-state index is 0.184. The second-order valence-electron chi connectivity index (χ2n) is 11.4. The predicted molar refractivity (Wildman–Crippen MR) is 151 cm³/mol. The van der Waals surface area contributed by atoms with Gasteiger partial charge in [0.05, 0.1) is 11.1 Å². The smallest absolute Gasteiger partial charge is 0.216 e. The van der Waals surface area contributed by atoms with Gasteiger partial charge in [0.25, 0.3) is 0 Å². The molecule has 0 aliphatic carbocycles. The number of hydrogen-bond acceptors (Lipinski definition) is 1. The van der Waals surface area contributed by atoms with Gasteiger partial charge in [-0.1, -0.05) is 69.3 Å². The SMILES string of the molecule is Cc1ccc2c(oc3c(-c4ccc5ccccc5c4)c(F)ccc32)c1-c1cc(CC(C)(C)C)cc[n+]1C. The highest BCUT2D eigenvalue weighted by Crippen LogP contribution is 2.42. The van der Waals surface area contributed by atoms with Gasteiger partial charge in [0.15, 0.2) is 6.20 Å². The molecule has 0 fully saturated rings. The van der Waals surface area contributed by atoms with Gasteiger partial charge in [-0.25, -0.2) is 8.96 Å². The summed E-state index contributed by atoms with van der Waals surface area (Å²) in [5.74, 6) is -0.280. The number of halogens is 1. The lowest BCUT2D eigenvalue weighted by Crippen LogP contribution is -2.31. The van der Waals surface area contributed by atoms with Gasteiger partial charge in [0.2, 0.25) is 5.69 Å². The number of rotatable bonds is 3. The number of furan rings is 1. The number of benzene rings is 4. The highest BCUT2D eigenvalue weighted by atomic mass is 19.1. The Labute approximate surface area is 217 Å². The second kappa shape index (κ2) is 8.55. The third-order valence-electron chi connectivity index (χ3n) is 7.21. The molecule has 0 N–H and O–H groups in total. The van der Waals surface area contributed by atoms with Crippen molar-refractivity contribution in [2.45, 2.75) is 34.1 Å². The number of aromatic nitrogens is 1. The standard InChI is InChI=1S/C34H31FNO/c1-21-10-13-26-27-14-15-28(35)31(25-12-11-23-8-6-7-9-24(23)19-25)33(27)37-32(26)30(21)29-18-22(16-17-36(29)5)20-34(2,3)4/h6-19H,20H2,1-5H3/q+1. The number of aryl methyl sites for hydroxylation is 2. The van der Waals surface area contributed by atoms with E-state index in [0.29, 0.717) is 11.1 Å². The fourth-order valence-corrected chi connectivity index (χ4v) is 5.49. The first-order valence-electron chi connectivity index (χ1n) is 12.8. The van der Waals surface area contributed by atoms with Gasteiger partial charge in [-0.3, -0.25) is 0 Å². The Kier molecular flexibility index (Phi) is 5.41. The van der Waals surface area contributed by atoms with E-state index in [4.69, 9.17) is 4.42 Å². The summed E-state index contributed by atoms with van der Waals surface area (Å²) in [6, 6.07) is 26.3. The van der Waals surface area contributed by atoms with Gasteiger partial charge >= 0.3 is 0 Å². The number of fused-ring (bicyclic) bond motifs is 4. The molecule has 37 heavy (non-hydrogen) atoms. The summed E-state index contributed by atoms with van der Waals surface area (Å²) < 4.78 is 24.2. The van der Waals surface area contributed by atoms with Gasteiger partial charge < -0.3 is 4.42 Å². The normalized spacial score (nSPS) is 12.2. The topological polar surface area (TPSA) is 17.0 Å². The maximum Gasteiger partial charge on any atom is 0.216 e. The van der Waals surface area contributed by atoms with E-state index in [1.165, 1.54) is 5.56 Å². The Bertz CT molecular complexity index is 1820. The largest absolute Gasteiger partial charge is 0.454 e.